The molecule has 1 aromatic carbocycles. The van der Waals surface area contributed by atoms with Gasteiger partial charge in [-0.2, -0.15) is 0 Å². The number of benzene rings is 1. The van der Waals surface area contributed by atoms with E-state index in [2.05, 4.69) is 10.6 Å². The highest BCUT2D eigenvalue weighted by molar-refractivity contribution is 5.90. The molecule has 2 rings (SSSR count). The molecule has 0 aliphatic carbocycles. The lowest BCUT2D eigenvalue weighted by molar-refractivity contribution is 0.165. The first-order valence-electron chi connectivity index (χ1n) is 7.44. The number of carbonyl (C=O) groups excluding carboxylic acids is 1. The summed E-state index contributed by atoms with van der Waals surface area (Å²) in [6.07, 6.45) is -0.266. The van der Waals surface area contributed by atoms with E-state index in [0.717, 1.165) is 11.3 Å². The summed E-state index contributed by atoms with van der Waals surface area (Å²) >= 11 is 0. The maximum atomic E-state index is 11.9. The molecule has 0 aliphatic rings. The zero-order chi connectivity index (χ0) is 16.8. The first-order valence-corrected chi connectivity index (χ1v) is 7.44. The number of furan rings is 1. The van der Waals surface area contributed by atoms with E-state index < -0.39 is 6.10 Å². The molecule has 1 aromatic heterocycles. The van der Waals surface area contributed by atoms with Crippen molar-refractivity contribution in [3.8, 4) is 5.75 Å². The Labute approximate surface area is 135 Å². The molecular formula is C17H22N2O4. The number of ether oxygens (including phenoxy) is 1. The lowest BCUT2D eigenvalue weighted by Crippen LogP contribution is -2.30. The maximum absolute atomic E-state index is 11.9. The van der Waals surface area contributed by atoms with Gasteiger partial charge in [-0.3, -0.25) is 0 Å². The van der Waals surface area contributed by atoms with Gasteiger partial charge >= 0.3 is 6.03 Å². The molecule has 124 valence electrons. The van der Waals surface area contributed by atoms with E-state index in [0.29, 0.717) is 30.2 Å². The molecule has 0 fully saturated rings. The summed E-state index contributed by atoms with van der Waals surface area (Å²) < 4.78 is 10.6. The lowest BCUT2D eigenvalue weighted by atomic mass is 10.1. The fourth-order valence-corrected chi connectivity index (χ4v) is 2.37. The summed E-state index contributed by atoms with van der Waals surface area (Å²) in [4.78, 5) is 11.9. The number of aliphatic hydroxyl groups excluding tert-OH is 1. The molecular weight excluding hydrogens is 296 g/mol. The van der Waals surface area contributed by atoms with Crippen LogP contribution in [0, 0.1) is 13.8 Å². The highest BCUT2D eigenvalue weighted by Gasteiger charge is 2.14. The summed E-state index contributed by atoms with van der Waals surface area (Å²) in [5, 5.41) is 15.6. The Kier molecular flexibility index (Phi) is 5.65. The van der Waals surface area contributed by atoms with Gasteiger partial charge in [0.15, 0.2) is 0 Å². The van der Waals surface area contributed by atoms with E-state index in [-0.39, 0.29) is 6.03 Å². The smallest absolute Gasteiger partial charge is 0.319 e. The predicted octanol–water partition coefficient (Wildman–Crippen LogP) is 3.15. The number of amides is 2. The first kappa shape index (κ1) is 16.9. The van der Waals surface area contributed by atoms with Gasteiger partial charge in [0, 0.05) is 12.1 Å². The number of rotatable bonds is 6. The molecule has 2 amide bonds. The van der Waals surface area contributed by atoms with E-state index in [4.69, 9.17) is 9.15 Å². The number of anilines is 1. The average Bonchev–Trinajstić information content (AvgIpc) is 2.86. The van der Waals surface area contributed by atoms with Crippen LogP contribution in [0.3, 0.4) is 0 Å². The van der Waals surface area contributed by atoms with Gasteiger partial charge in [-0.15, -0.1) is 0 Å². The molecule has 23 heavy (non-hydrogen) atoms. The second-order valence-electron chi connectivity index (χ2n) is 5.25. The molecule has 3 N–H and O–H groups in total. The van der Waals surface area contributed by atoms with Crippen LogP contribution in [0.15, 0.2) is 34.7 Å². The van der Waals surface area contributed by atoms with Crippen molar-refractivity contribution in [1.82, 2.24) is 5.32 Å². The van der Waals surface area contributed by atoms with Crippen LogP contribution in [-0.4, -0.2) is 24.8 Å². The van der Waals surface area contributed by atoms with Gasteiger partial charge < -0.3 is 24.9 Å². The van der Waals surface area contributed by atoms with Crippen molar-refractivity contribution in [3.63, 3.8) is 0 Å². The second-order valence-corrected chi connectivity index (χ2v) is 5.25. The number of hydrogen-bond acceptors (Lipinski definition) is 4. The van der Waals surface area contributed by atoms with Crippen LogP contribution in [0.5, 0.6) is 5.75 Å². The number of nitrogens with one attached hydrogen (secondary N) is 2. The Morgan fingerprint density at radius 1 is 1.35 bits per heavy atom. The van der Waals surface area contributed by atoms with Crippen molar-refractivity contribution in [3.05, 3.63) is 47.4 Å². The summed E-state index contributed by atoms with van der Waals surface area (Å²) in [7, 11) is 1.55. The lowest BCUT2D eigenvalue weighted by Gasteiger charge is -2.12. The number of para-hydroxylation sites is 2. The van der Waals surface area contributed by atoms with Gasteiger partial charge in [-0.1, -0.05) is 12.1 Å². The number of aryl methyl sites for hydroxylation is 2. The third-order valence-corrected chi connectivity index (χ3v) is 3.50. The second kappa shape index (κ2) is 7.69. The third-order valence-electron chi connectivity index (χ3n) is 3.50. The average molecular weight is 318 g/mol. The molecule has 1 atom stereocenters. The minimum Gasteiger partial charge on any atom is -0.495 e. The zero-order valence-electron chi connectivity index (χ0n) is 13.6. The SMILES string of the molecule is COc1ccccc1NC(=O)NCCC(O)c1cc(C)oc1C. The minimum atomic E-state index is -0.668. The number of hydrogen-bond donors (Lipinski definition) is 3. The molecule has 0 saturated carbocycles. The standard InChI is InChI=1S/C17H22N2O4/c1-11-10-13(12(2)23-11)15(20)8-9-18-17(21)19-14-6-4-5-7-16(14)22-3/h4-7,10,15,20H,8-9H2,1-3H3,(H2,18,19,21). The highest BCUT2D eigenvalue weighted by atomic mass is 16.5. The third kappa shape index (κ3) is 4.50. The first-order chi connectivity index (χ1) is 11.0. The summed E-state index contributed by atoms with van der Waals surface area (Å²) in [5.74, 6) is 2.05. The largest absolute Gasteiger partial charge is 0.495 e. The molecule has 0 bridgehead atoms. The molecule has 6 nitrogen and oxygen atoms in total. The quantitative estimate of drug-likeness (QED) is 0.764. The van der Waals surface area contributed by atoms with Crippen LogP contribution in [0.2, 0.25) is 0 Å². The number of carbonyl (C=O) groups is 1. The summed E-state index contributed by atoms with van der Waals surface area (Å²) in [6.45, 7) is 3.99. The van der Waals surface area contributed by atoms with Gasteiger partial charge in [-0.25, -0.2) is 4.79 Å². The fraction of sp³-hybridized carbons (Fsp3) is 0.353. The van der Waals surface area contributed by atoms with E-state index in [1.807, 2.05) is 32.0 Å². The molecule has 1 unspecified atom stereocenters. The summed E-state index contributed by atoms with van der Waals surface area (Å²) in [6, 6.07) is 8.63. The van der Waals surface area contributed by atoms with E-state index in [1.54, 1.807) is 19.2 Å². The van der Waals surface area contributed by atoms with E-state index in [1.165, 1.54) is 0 Å². The van der Waals surface area contributed by atoms with Crippen LogP contribution in [0.1, 0.15) is 29.6 Å². The van der Waals surface area contributed by atoms with Gasteiger partial charge in [0.2, 0.25) is 0 Å². The molecule has 2 aromatic rings. The van der Waals surface area contributed by atoms with Crippen molar-refractivity contribution in [2.45, 2.75) is 26.4 Å². The molecule has 0 aliphatic heterocycles. The van der Waals surface area contributed by atoms with Crippen LogP contribution >= 0.6 is 0 Å². The van der Waals surface area contributed by atoms with Crippen LogP contribution < -0.4 is 15.4 Å². The van der Waals surface area contributed by atoms with Gasteiger partial charge in [0.25, 0.3) is 0 Å². The van der Waals surface area contributed by atoms with Gasteiger partial charge in [0.05, 0.1) is 18.9 Å². The van der Waals surface area contributed by atoms with Crippen molar-refractivity contribution in [1.29, 1.82) is 0 Å². The predicted molar refractivity (Wildman–Crippen MR) is 87.8 cm³/mol. The molecule has 0 saturated heterocycles. The Hall–Kier alpha value is -2.47. The Morgan fingerprint density at radius 3 is 2.74 bits per heavy atom. The maximum Gasteiger partial charge on any atom is 0.319 e. The molecule has 6 heteroatoms. The van der Waals surface area contributed by atoms with Crippen molar-refractivity contribution < 1.29 is 19.1 Å². The molecule has 0 spiro atoms. The molecule has 0 radical (unpaired) electrons. The molecule has 1 heterocycles. The zero-order valence-corrected chi connectivity index (χ0v) is 13.6. The Bertz CT molecular complexity index is 666. The monoisotopic (exact) mass is 318 g/mol. The fourth-order valence-electron chi connectivity index (χ4n) is 2.37. The van der Waals surface area contributed by atoms with E-state index in [9.17, 15) is 9.90 Å². The topological polar surface area (TPSA) is 83.7 Å². The van der Waals surface area contributed by atoms with Gasteiger partial charge in [-0.05, 0) is 38.5 Å². The van der Waals surface area contributed by atoms with E-state index >= 15 is 0 Å². The summed E-state index contributed by atoms with van der Waals surface area (Å²) in [5.41, 5.74) is 1.35. The van der Waals surface area contributed by atoms with Crippen molar-refractivity contribution >= 4 is 11.7 Å². The highest BCUT2D eigenvalue weighted by Crippen LogP contribution is 2.24. The number of urea groups is 1. The van der Waals surface area contributed by atoms with Crippen LogP contribution in [-0.2, 0) is 0 Å². The Balaban J connectivity index is 1.82. The van der Waals surface area contributed by atoms with Crippen LogP contribution in [0.25, 0.3) is 0 Å². The minimum absolute atomic E-state index is 0.339. The van der Waals surface area contributed by atoms with Crippen molar-refractivity contribution in [2.24, 2.45) is 0 Å². The van der Waals surface area contributed by atoms with Crippen molar-refractivity contribution in [2.75, 3.05) is 19.0 Å². The Morgan fingerprint density at radius 2 is 2.09 bits per heavy atom. The number of methoxy groups -OCH3 is 1. The van der Waals surface area contributed by atoms with Gasteiger partial charge in [0.1, 0.15) is 17.3 Å². The number of aliphatic hydroxyl groups is 1. The normalized spacial score (nSPS) is 11.8. The van der Waals surface area contributed by atoms with Crippen LogP contribution in [0.4, 0.5) is 10.5 Å².